The average Bonchev–Trinajstić information content (AvgIpc) is 2.46. The lowest BCUT2D eigenvalue weighted by Crippen LogP contribution is -2.06. The van der Waals surface area contributed by atoms with Crippen molar-refractivity contribution in [2.24, 2.45) is 0 Å². The summed E-state index contributed by atoms with van der Waals surface area (Å²) in [5.74, 6) is 0. The molecule has 1 unspecified atom stereocenters. The molecular formula is C18H36O2. The summed E-state index contributed by atoms with van der Waals surface area (Å²) < 4.78 is 0. The second-order valence-corrected chi connectivity index (χ2v) is 5.83. The Morgan fingerprint density at radius 1 is 0.750 bits per heavy atom. The van der Waals surface area contributed by atoms with Crippen molar-refractivity contribution in [2.45, 2.75) is 96.5 Å². The molecule has 0 aliphatic rings. The van der Waals surface area contributed by atoms with Crippen molar-refractivity contribution in [2.75, 3.05) is 6.61 Å². The summed E-state index contributed by atoms with van der Waals surface area (Å²) in [7, 11) is 0. The van der Waals surface area contributed by atoms with E-state index in [1.165, 1.54) is 51.4 Å². The number of hydrogen-bond acceptors (Lipinski definition) is 2. The number of aliphatic hydroxyl groups excluding tert-OH is 2. The van der Waals surface area contributed by atoms with E-state index >= 15 is 0 Å². The van der Waals surface area contributed by atoms with Gasteiger partial charge in [0.1, 0.15) is 0 Å². The Labute approximate surface area is 126 Å². The lowest BCUT2D eigenvalue weighted by atomic mass is 10.1. The van der Waals surface area contributed by atoms with Crippen LogP contribution in [-0.2, 0) is 0 Å². The summed E-state index contributed by atoms with van der Waals surface area (Å²) in [5.41, 5.74) is 0. The first-order valence-electron chi connectivity index (χ1n) is 8.75. The molecule has 0 aromatic carbocycles. The molecule has 0 bridgehead atoms. The Kier molecular flexibility index (Phi) is 16.4. The maximum Gasteiger partial charge on any atom is 0.0541 e. The van der Waals surface area contributed by atoms with Crippen molar-refractivity contribution in [1.29, 1.82) is 0 Å². The molecule has 120 valence electrons. The van der Waals surface area contributed by atoms with Crippen LogP contribution < -0.4 is 0 Å². The highest BCUT2D eigenvalue weighted by molar-refractivity contribution is 4.81. The SMILES string of the molecule is CCCCCCCC/C=C\CCCCC(O)CCCO. The first-order valence-corrected chi connectivity index (χ1v) is 8.75. The highest BCUT2D eigenvalue weighted by Gasteiger charge is 2.02. The highest BCUT2D eigenvalue weighted by atomic mass is 16.3. The maximum absolute atomic E-state index is 9.61. The minimum atomic E-state index is -0.214. The topological polar surface area (TPSA) is 40.5 Å². The minimum absolute atomic E-state index is 0.193. The first-order chi connectivity index (χ1) is 9.81. The molecule has 0 fully saturated rings. The van der Waals surface area contributed by atoms with Gasteiger partial charge in [0.25, 0.3) is 0 Å². The molecule has 2 N–H and O–H groups in total. The van der Waals surface area contributed by atoms with Gasteiger partial charge in [-0.1, -0.05) is 57.6 Å². The van der Waals surface area contributed by atoms with E-state index in [0.717, 1.165) is 32.1 Å². The molecule has 2 heteroatoms. The van der Waals surface area contributed by atoms with Gasteiger partial charge in [-0.25, -0.2) is 0 Å². The van der Waals surface area contributed by atoms with Gasteiger partial charge in [0.15, 0.2) is 0 Å². The summed E-state index contributed by atoms with van der Waals surface area (Å²) in [5, 5.41) is 18.3. The van der Waals surface area contributed by atoms with Crippen molar-refractivity contribution in [3.8, 4) is 0 Å². The van der Waals surface area contributed by atoms with Crippen LogP contribution in [0.15, 0.2) is 12.2 Å². The number of rotatable bonds is 15. The summed E-state index contributed by atoms with van der Waals surface area (Å²) in [6, 6.07) is 0. The van der Waals surface area contributed by atoms with Crippen LogP contribution in [0.3, 0.4) is 0 Å². The van der Waals surface area contributed by atoms with E-state index in [0.29, 0.717) is 0 Å². The number of allylic oxidation sites excluding steroid dienone is 2. The van der Waals surface area contributed by atoms with Crippen molar-refractivity contribution < 1.29 is 10.2 Å². The van der Waals surface area contributed by atoms with Crippen LogP contribution in [0.2, 0.25) is 0 Å². The van der Waals surface area contributed by atoms with Crippen LogP contribution >= 0.6 is 0 Å². The van der Waals surface area contributed by atoms with Crippen molar-refractivity contribution in [3.63, 3.8) is 0 Å². The van der Waals surface area contributed by atoms with E-state index in [1.807, 2.05) is 0 Å². The summed E-state index contributed by atoms with van der Waals surface area (Å²) in [4.78, 5) is 0. The van der Waals surface area contributed by atoms with Gasteiger partial charge in [-0.05, 0) is 44.9 Å². The molecule has 20 heavy (non-hydrogen) atoms. The largest absolute Gasteiger partial charge is 0.396 e. The predicted octanol–water partition coefficient (Wildman–Crippen LogP) is 4.99. The predicted molar refractivity (Wildman–Crippen MR) is 87.9 cm³/mol. The Balaban J connectivity index is 3.15. The van der Waals surface area contributed by atoms with Gasteiger partial charge in [-0.15, -0.1) is 0 Å². The molecular weight excluding hydrogens is 248 g/mol. The molecule has 0 amide bonds. The van der Waals surface area contributed by atoms with Crippen LogP contribution in [0.25, 0.3) is 0 Å². The molecule has 0 heterocycles. The van der Waals surface area contributed by atoms with E-state index in [2.05, 4.69) is 19.1 Å². The molecule has 0 aliphatic heterocycles. The van der Waals surface area contributed by atoms with Gasteiger partial charge >= 0.3 is 0 Å². The van der Waals surface area contributed by atoms with Crippen LogP contribution in [0.1, 0.15) is 90.4 Å². The highest BCUT2D eigenvalue weighted by Crippen LogP contribution is 2.10. The maximum atomic E-state index is 9.61. The number of aliphatic hydroxyl groups is 2. The fourth-order valence-electron chi connectivity index (χ4n) is 2.39. The van der Waals surface area contributed by atoms with E-state index in [1.54, 1.807) is 0 Å². The van der Waals surface area contributed by atoms with E-state index in [9.17, 15) is 5.11 Å². The third-order valence-electron chi connectivity index (χ3n) is 3.74. The summed E-state index contributed by atoms with van der Waals surface area (Å²) in [6.07, 6.45) is 19.6. The van der Waals surface area contributed by atoms with Gasteiger partial charge in [0.2, 0.25) is 0 Å². The first kappa shape index (κ1) is 19.7. The smallest absolute Gasteiger partial charge is 0.0541 e. The van der Waals surface area contributed by atoms with Crippen LogP contribution in [0, 0.1) is 0 Å². The average molecular weight is 284 g/mol. The Morgan fingerprint density at radius 3 is 1.95 bits per heavy atom. The van der Waals surface area contributed by atoms with Gasteiger partial charge in [0.05, 0.1) is 6.10 Å². The van der Waals surface area contributed by atoms with E-state index in [-0.39, 0.29) is 12.7 Å². The number of unbranched alkanes of at least 4 members (excludes halogenated alkanes) is 8. The molecule has 1 atom stereocenters. The lowest BCUT2D eigenvalue weighted by molar-refractivity contribution is 0.138. The van der Waals surface area contributed by atoms with Crippen LogP contribution in [-0.4, -0.2) is 22.9 Å². The second kappa shape index (κ2) is 16.7. The molecule has 0 radical (unpaired) electrons. The fourth-order valence-corrected chi connectivity index (χ4v) is 2.39. The quantitative estimate of drug-likeness (QED) is 0.328. The zero-order valence-corrected chi connectivity index (χ0v) is 13.5. The van der Waals surface area contributed by atoms with Gasteiger partial charge < -0.3 is 10.2 Å². The van der Waals surface area contributed by atoms with E-state index < -0.39 is 0 Å². The molecule has 0 saturated heterocycles. The van der Waals surface area contributed by atoms with Gasteiger partial charge in [-0.2, -0.15) is 0 Å². The monoisotopic (exact) mass is 284 g/mol. The summed E-state index contributed by atoms with van der Waals surface area (Å²) >= 11 is 0. The zero-order chi connectivity index (χ0) is 14.9. The normalized spacial score (nSPS) is 13.2. The molecule has 2 nitrogen and oxygen atoms in total. The second-order valence-electron chi connectivity index (χ2n) is 5.83. The fraction of sp³-hybridized carbons (Fsp3) is 0.889. The Morgan fingerprint density at radius 2 is 1.30 bits per heavy atom. The van der Waals surface area contributed by atoms with Crippen LogP contribution in [0.5, 0.6) is 0 Å². The number of hydrogen-bond donors (Lipinski definition) is 2. The van der Waals surface area contributed by atoms with Crippen molar-refractivity contribution >= 4 is 0 Å². The lowest BCUT2D eigenvalue weighted by Gasteiger charge is -2.08. The summed E-state index contributed by atoms with van der Waals surface area (Å²) in [6.45, 7) is 2.45. The third kappa shape index (κ3) is 15.7. The molecule has 0 aromatic heterocycles. The Hall–Kier alpha value is -0.340. The molecule has 0 rings (SSSR count). The van der Waals surface area contributed by atoms with Gasteiger partial charge in [-0.3, -0.25) is 0 Å². The van der Waals surface area contributed by atoms with Crippen molar-refractivity contribution in [1.82, 2.24) is 0 Å². The molecule has 0 aromatic rings. The third-order valence-corrected chi connectivity index (χ3v) is 3.74. The minimum Gasteiger partial charge on any atom is -0.396 e. The van der Waals surface area contributed by atoms with Crippen LogP contribution in [0.4, 0.5) is 0 Å². The van der Waals surface area contributed by atoms with Gasteiger partial charge in [0, 0.05) is 6.61 Å². The molecule has 0 aliphatic carbocycles. The Bertz CT molecular complexity index is 202. The zero-order valence-electron chi connectivity index (χ0n) is 13.5. The standard InChI is InChI=1S/C18H36O2/c1-2-3-4-5-6-7-8-9-10-11-12-13-15-18(20)16-14-17-19/h9-10,18-20H,2-8,11-17H2,1H3/b10-9-. The van der Waals surface area contributed by atoms with E-state index in [4.69, 9.17) is 5.11 Å². The molecule has 0 spiro atoms. The molecule has 0 saturated carbocycles. The van der Waals surface area contributed by atoms with Crippen molar-refractivity contribution in [3.05, 3.63) is 12.2 Å².